The first-order valence-electron chi connectivity index (χ1n) is 11.9. The van der Waals surface area contributed by atoms with Gasteiger partial charge in [0.15, 0.2) is 11.9 Å². The fourth-order valence-corrected chi connectivity index (χ4v) is 6.17. The fourth-order valence-electron chi connectivity index (χ4n) is 6.17. The van der Waals surface area contributed by atoms with Crippen LogP contribution < -0.4 is 0 Å². The minimum atomic E-state index is -1.38. The second kappa shape index (κ2) is 8.04. The smallest absolute Gasteiger partial charge is 0.247 e. The summed E-state index contributed by atoms with van der Waals surface area (Å²) in [5, 5.41) is 18.8. The molecule has 0 amide bonds. The van der Waals surface area contributed by atoms with Gasteiger partial charge < -0.3 is 9.52 Å². The molecule has 3 atom stereocenters. The molecule has 37 heavy (non-hydrogen) atoms. The normalized spacial score (nSPS) is 22.2. The van der Waals surface area contributed by atoms with E-state index in [-0.39, 0.29) is 34.2 Å². The maximum absolute atomic E-state index is 14.5. The first kappa shape index (κ1) is 23.5. The van der Waals surface area contributed by atoms with Crippen molar-refractivity contribution in [3.63, 3.8) is 0 Å². The van der Waals surface area contributed by atoms with E-state index >= 15 is 0 Å². The number of ketones is 1. The number of rotatable bonds is 5. The molecule has 1 aromatic carbocycles. The lowest BCUT2D eigenvalue weighted by molar-refractivity contribution is -0.125. The van der Waals surface area contributed by atoms with Crippen molar-refractivity contribution in [2.75, 3.05) is 0 Å². The van der Waals surface area contributed by atoms with Gasteiger partial charge in [-0.05, 0) is 54.9 Å². The molecule has 2 bridgehead atoms. The van der Waals surface area contributed by atoms with Gasteiger partial charge in [0, 0.05) is 6.20 Å². The summed E-state index contributed by atoms with van der Waals surface area (Å²) in [5.74, 6) is -1.62. The van der Waals surface area contributed by atoms with Gasteiger partial charge in [-0.2, -0.15) is 5.10 Å². The Balaban J connectivity index is 1.46. The largest absolute Gasteiger partial charge is 0.443 e. The lowest BCUT2D eigenvalue weighted by Gasteiger charge is -2.37. The van der Waals surface area contributed by atoms with Crippen molar-refractivity contribution in [1.82, 2.24) is 25.1 Å². The number of aliphatic hydroxyl groups excluding tert-OH is 1. The summed E-state index contributed by atoms with van der Waals surface area (Å²) in [6.07, 6.45) is 4.61. The van der Waals surface area contributed by atoms with Crippen LogP contribution in [0.2, 0.25) is 0 Å². The highest BCUT2D eigenvalue weighted by Crippen LogP contribution is 2.69. The number of hydrogen-bond acceptors (Lipinski definition) is 8. The SMILES string of the molecule is CC(=O)[C@@H](O)c1coc(-c2cncc([C@@]34CC[C@@H](c5cc(-c6c(F)cccc6F)nnc53)C4(C)C)n2)n1. The van der Waals surface area contributed by atoms with Crippen LogP contribution in [0.15, 0.2) is 47.3 Å². The Bertz CT molecular complexity index is 1550. The third kappa shape index (κ3) is 3.21. The summed E-state index contributed by atoms with van der Waals surface area (Å²) in [5.41, 5.74) is 1.71. The summed E-state index contributed by atoms with van der Waals surface area (Å²) in [4.78, 5) is 25.0. The Morgan fingerprint density at radius 3 is 2.62 bits per heavy atom. The van der Waals surface area contributed by atoms with Crippen LogP contribution >= 0.6 is 0 Å². The van der Waals surface area contributed by atoms with Crippen LogP contribution in [0.3, 0.4) is 0 Å². The monoisotopic (exact) mass is 503 g/mol. The number of aromatic nitrogens is 5. The third-order valence-electron chi connectivity index (χ3n) is 8.08. The van der Waals surface area contributed by atoms with Gasteiger partial charge in [0.25, 0.3) is 0 Å². The summed E-state index contributed by atoms with van der Waals surface area (Å²) < 4.78 is 34.5. The summed E-state index contributed by atoms with van der Waals surface area (Å²) in [6, 6.07) is 5.47. The van der Waals surface area contributed by atoms with E-state index in [9.17, 15) is 18.7 Å². The quantitative estimate of drug-likeness (QED) is 0.417. The number of hydrogen-bond donors (Lipinski definition) is 1. The van der Waals surface area contributed by atoms with Crippen molar-refractivity contribution >= 4 is 5.78 Å². The Morgan fingerprint density at radius 1 is 1.14 bits per heavy atom. The van der Waals surface area contributed by atoms with E-state index in [1.54, 1.807) is 12.3 Å². The van der Waals surface area contributed by atoms with Crippen molar-refractivity contribution in [2.45, 2.75) is 51.0 Å². The van der Waals surface area contributed by atoms with Crippen LogP contribution in [0.25, 0.3) is 22.8 Å². The number of carbonyl (C=O) groups is 1. The highest BCUT2D eigenvalue weighted by atomic mass is 19.1. The molecule has 4 aromatic rings. The maximum atomic E-state index is 14.5. The zero-order chi connectivity index (χ0) is 26.1. The van der Waals surface area contributed by atoms with E-state index in [4.69, 9.17) is 9.40 Å². The average molecular weight is 504 g/mol. The van der Waals surface area contributed by atoms with Crippen molar-refractivity contribution in [1.29, 1.82) is 0 Å². The lowest BCUT2D eigenvalue weighted by Crippen LogP contribution is -2.38. The highest BCUT2D eigenvalue weighted by Gasteiger charge is 2.65. The molecule has 0 saturated heterocycles. The molecule has 0 unspecified atom stereocenters. The van der Waals surface area contributed by atoms with E-state index in [0.717, 1.165) is 24.1 Å². The minimum absolute atomic E-state index is 0.0797. The van der Waals surface area contributed by atoms with Gasteiger partial charge in [-0.25, -0.2) is 18.7 Å². The second-order valence-corrected chi connectivity index (χ2v) is 10.2. The van der Waals surface area contributed by atoms with Gasteiger partial charge in [-0.15, -0.1) is 5.10 Å². The van der Waals surface area contributed by atoms with E-state index in [1.165, 1.54) is 37.6 Å². The zero-order valence-electron chi connectivity index (χ0n) is 20.4. The van der Waals surface area contributed by atoms with Gasteiger partial charge in [0.2, 0.25) is 5.89 Å². The van der Waals surface area contributed by atoms with Crippen molar-refractivity contribution in [3.8, 4) is 22.8 Å². The average Bonchev–Trinajstić information content (AvgIpc) is 3.52. The van der Waals surface area contributed by atoms with Crippen LogP contribution in [0.1, 0.15) is 68.3 Å². The summed E-state index contributed by atoms with van der Waals surface area (Å²) in [6.45, 7) is 5.54. The van der Waals surface area contributed by atoms with Crippen LogP contribution in [0.5, 0.6) is 0 Å². The number of Topliss-reactive ketones (excluding diaryl/α,β-unsaturated/α-hetero) is 1. The molecule has 1 saturated carbocycles. The molecule has 0 radical (unpaired) electrons. The topological polar surface area (TPSA) is 115 Å². The Morgan fingerprint density at radius 2 is 1.89 bits per heavy atom. The van der Waals surface area contributed by atoms with E-state index in [1.807, 2.05) is 0 Å². The molecular weight excluding hydrogens is 480 g/mol. The van der Waals surface area contributed by atoms with Crippen molar-refractivity contribution < 1.29 is 23.1 Å². The predicted octanol–water partition coefficient (Wildman–Crippen LogP) is 4.69. The maximum Gasteiger partial charge on any atom is 0.247 e. The molecule has 10 heteroatoms. The Hall–Kier alpha value is -3.92. The van der Waals surface area contributed by atoms with Gasteiger partial charge >= 0.3 is 0 Å². The summed E-state index contributed by atoms with van der Waals surface area (Å²) >= 11 is 0. The Labute approximate surface area is 210 Å². The molecule has 0 spiro atoms. The predicted molar refractivity (Wildman–Crippen MR) is 127 cm³/mol. The first-order chi connectivity index (χ1) is 17.6. The van der Waals surface area contributed by atoms with Crippen LogP contribution in [0.4, 0.5) is 8.78 Å². The third-order valence-corrected chi connectivity index (χ3v) is 8.08. The molecule has 188 valence electrons. The van der Waals surface area contributed by atoms with Gasteiger partial charge in [-0.3, -0.25) is 9.78 Å². The van der Waals surface area contributed by atoms with Crippen LogP contribution in [0, 0.1) is 17.0 Å². The van der Waals surface area contributed by atoms with E-state index in [0.29, 0.717) is 11.4 Å². The van der Waals surface area contributed by atoms with Gasteiger partial charge in [-0.1, -0.05) is 19.9 Å². The molecule has 3 aromatic heterocycles. The number of benzene rings is 1. The molecule has 1 N–H and O–H groups in total. The van der Waals surface area contributed by atoms with Crippen molar-refractivity contribution in [2.24, 2.45) is 5.41 Å². The Kier molecular flexibility index (Phi) is 5.10. The number of aliphatic hydroxyl groups is 1. The lowest BCUT2D eigenvalue weighted by atomic mass is 9.66. The molecule has 8 nitrogen and oxygen atoms in total. The molecule has 0 aliphatic heterocycles. The van der Waals surface area contributed by atoms with E-state index in [2.05, 4.69) is 34.0 Å². The number of halogens is 2. The zero-order valence-corrected chi connectivity index (χ0v) is 20.4. The first-order valence-corrected chi connectivity index (χ1v) is 11.9. The highest BCUT2D eigenvalue weighted by molar-refractivity contribution is 5.81. The minimum Gasteiger partial charge on any atom is -0.443 e. The number of carbonyl (C=O) groups excluding carboxylic acids is 1. The fraction of sp³-hybridized carbons (Fsp3) is 0.333. The number of oxazole rings is 1. The molecular formula is C27H23F2N5O3. The van der Waals surface area contributed by atoms with E-state index < -0.39 is 28.9 Å². The standard InChI is InChI=1S/C27H23F2N5O3/c1-13(35)23(36)20-12-37-25(32-20)19-10-30-11-21(31-19)27-8-7-15(26(27,2)3)14-9-18(33-34-24(14)27)22-16(28)5-4-6-17(22)29/h4-6,9-12,15,23,36H,7-8H2,1-3H3/t15-,23+,27-/m0/s1. The van der Waals surface area contributed by atoms with Crippen LogP contribution in [-0.4, -0.2) is 36.0 Å². The second-order valence-electron chi connectivity index (χ2n) is 10.2. The number of fused-ring (bicyclic) bond motifs is 5. The van der Waals surface area contributed by atoms with Gasteiger partial charge in [0.05, 0.1) is 34.3 Å². The molecule has 1 fully saturated rings. The molecule has 2 aliphatic rings. The summed E-state index contributed by atoms with van der Waals surface area (Å²) in [7, 11) is 0. The number of nitrogens with zero attached hydrogens (tertiary/aromatic N) is 5. The molecule has 3 heterocycles. The van der Waals surface area contributed by atoms with Gasteiger partial charge in [0.1, 0.15) is 29.3 Å². The van der Waals surface area contributed by atoms with Crippen LogP contribution in [-0.2, 0) is 10.2 Å². The molecule has 2 aliphatic carbocycles. The molecule has 6 rings (SSSR count). The van der Waals surface area contributed by atoms with Crippen molar-refractivity contribution in [3.05, 3.63) is 77.2 Å².